The molecule has 0 spiro atoms. The molecule has 2 atom stereocenters. The first kappa shape index (κ1) is 61.1. The van der Waals surface area contributed by atoms with Crippen LogP contribution < -0.4 is 11.1 Å². The number of carbonyl (C=O) groups excluding carboxylic acids is 5. The number of imidazole rings is 1. The van der Waals surface area contributed by atoms with Crippen LogP contribution in [0, 0.1) is 11.3 Å². The smallest absolute Gasteiger partial charge is 0.306 e. The van der Waals surface area contributed by atoms with E-state index < -0.39 is 29.3 Å². The van der Waals surface area contributed by atoms with Crippen LogP contribution in [0.4, 0.5) is 0 Å². The van der Waals surface area contributed by atoms with Crippen LogP contribution in [0.3, 0.4) is 0 Å². The number of ketones is 4. The first-order valence-electron chi connectivity index (χ1n) is 25.1. The van der Waals surface area contributed by atoms with Gasteiger partial charge in [-0.05, 0) is 32.1 Å². The molecule has 0 bridgehead atoms. The van der Waals surface area contributed by atoms with Crippen molar-refractivity contribution in [1.82, 2.24) is 15.3 Å². The summed E-state index contributed by atoms with van der Waals surface area (Å²) in [4.78, 5) is 91.3. The van der Waals surface area contributed by atoms with Crippen molar-refractivity contribution in [2.24, 2.45) is 17.1 Å². The lowest BCUT2D eigenvalue weighted by Crippen LogP contribution is -2.38. The van der Waals surface area contributed by atoms with Crippen molar-refractivity contribution in [3.63, 3.8) is 0 Å². The Labute approximate surface area is 399 Å². The third kappa shape index (κ3) is 35.8. The summed E-state index contributed by atoms with van der Waals surface area (Å²) in [6.45, 7) is 5.25. The van der Waals surface area contributed by atoms with Crippen molar-refractivity contribution in [3.8, 4) is 0 Å². The predicted octanol–water partition coefficient (Wildman–Crippen LogP) is 7.30. The van der Waals surface area contributed by atoms with E-state index in [2.05, 4.69) is 15.3 Å². The number of ether oxygens (including phenoxy) is 4. The molecule has 0 aliphatic heterocycles. The highest BCUT2D eigenvalue weighted by molar-refractivity contribution is 5.94. The molecule has 17 nitrogen and oxygen atoms in total. The number of rotatable bonds is 49. The number of hydrogen-bond acceptors (Lipinski definition) is 13. The van der Waals surface area contributed by atoms with Gasteiger partial charge in [-0.1, -0.05) is 104 Å². The number of nitrogens with one attached hydrogen (secondary N) is 2. The van der Waals surface area contributed by atoms with Gasteiger partial charge in [0.05, 0.1) is 51.3 Å². The van der Waals surface area contributed by atoms with Crippen LogP contribution in [0.25, 0.3) is 0 Å². The van der Waals surface area contributed by atoms with Gasteiger partial charge in [0.2, 0.25) is 5.91 Å². The Kier molecular flexibility index (Phi) is 36.5. The molecule has 0 aliphatic rings. The van der Waals surface area contributed by atoms with Crippen LogP contribution >= 0.6 is 0 Å². The minimum atomic E-state index is -1.07. The first-order valence-corrected chi connectivity index (χ1v) is 25.1. The number of carboxylic acid groups (broad SMARTS) is 2. The molecular formula is C50H86N4O13. The zero-order valence-electron chi connectivity index (χ0n) is 41.0. The average Bonchev–Trinajstić information content (AvgIpc) is 3.80. The molecule has 6 N–H and O–H groups in total. The minimum Gasteiger partial charge on any atom is -0.481 e. The van der Waals surface area contributed by atoms with Gasteiger partial charge in [-0.15, -0.1) is 0 Å². The molecule has 0 saturated carbocycles. The quantitative estimate of drug-likeness (QED) is 0.0401. The van der Waals surface area contributed by atoms with E-state index in [4.69, 9.17) is 29.8 Å². The SMILES string of the molecule is CC(C)(CC(=O)[C@@H](N)Cc1cnc[nH]1)C(=O)C[C@@H](CCCCCC(=O)COCCOCCNC(=O)COCCOCCCC(=O)CCCCCCCCCCCCCCCCC(=O)O)C(=O)O. The van der Waals surface area contributed by atoms with E-state index in [0.717, 1.165) is 32.1 Å². The van der Waals surface area contributed by atoms with Crippen molar-refractivity contribution in [1.29, 1.82) is 0 Å². The van der Waals surface area contributed by atoms with Crippen LogP contribution in [0.1, 0.15) is 180 Å². The van der Waals surface area contributed by atoms with Crippen molar-refractivity contribution in [3.05, 3.63) is 18.2 Å². The summed E-state index contributed by atoms with van der Waals surface area (Å²) in [6.07, 6.45) is 23.8. The number of hydrogen-bond donors (Lipinski definition) is 5. The van der Waals surface area contributed by atoms with Gasteiger partial charge in [0.15, 0.2) is 11.6 Å². The molecule has 1 rings (SSSR count). The standard InChI is InChI=1S/C50H86N4O13/c1-50(2,35-45(57)44(51)34-41-36-52-39-54-41)46(58)33-40(49(62)63)21-16-15-18-23-43(56)37-66-31-30-65-28-26-53-47(59)38-67-32-29-64-27-20-24-42(55)22-17-13-11-9-7-5-3-4-6-8-10-12-14-19-25-48(60)61/h36,39-40,44H,3-35,37-38,51H2,1-2H3,(H,52,54)(H,53,59)(H,60,61)(H,62,63)/t40-,44+/m1/s1. The Morgan fingerprint density at radius 1 is 0.642 bits per heavy atom. The van der Waals surface area contributed by atoms with Gasteiger partial charge in [-0.3, -0.25) is 33.6 Å². The summed E-state index contributed by atoms with van der Waals surface area (Å²) in [5, 5.41) is 21.1. The lowest BCUT2D eigenvalue weighted by atomic mass is 9.77. The summed E-state index contributed by atoms with van der Waals surface area (Å²) < 4.78 is 21.7. The van der Waals surface area contributed by atoms with Gasteiger partial charge >= 0.3 is 11.9 Å². The number of aliphatic carboxylic acids is 2. The number of aromatic amines is 1. The maximum Gasteiger partial charge on any atom is 0.306 e. The number of amides is 1. The van der Waals surface area contributed by atoms with Crippen LogP contribution in [0.15, 0.2) is 12.5 Å². The molecule has 1 amide bonds. The monoisotopic (exact) mass is 951 g/mol. The van der Waals surface area contributed by atoms with Crippen molar-refractivity contribution in [2.75, 3.05) is 59.4 Å². The van der Waals surface area contributed by atoms with Crippen LogP contribution in [0.2, 0.25) is 0 Å². The van der Waals surface area contributed by atoms with E-state index in [1.807, 2.05) is 0 Å². The normalized spacial score (nSPS) is 12.5. The zero-order valence-corrected chi connectivity index (χ0v) is 41.0. The molecule has 67 heavy (non-hydrogen) atoms. The number of carbonyl (C=O) groups is 7. The summed E-state index contributed by atoms with van der Waals surface area (Å²) in [6, 6.07) is -0.801. The van der Waals surface area contributed by atoms with E-state index >= 15 is 0 Å². The summed E-state index contributed by atoms with van der Waals surface area (Å²) in [5.41, 5.74) is 5.69. The van der Waals surface area contributed by atoms with E-state index in [9.17, 15) is 38.7 Å². The molecule has 1 aromatic heterocycles. The number of H-pyrrole nitrogens is 1. The molecule has 0 fully saturated rings. The number of aromatic nitrogens is 2. The second kappa shape index (κ2) is 40.0. The van der Waals surface area contributed by atoms with Gasteiger partial charge in [-0.25, -0.2) is 4.98 Å². The molecule has 0 unspecified atom stereocenters. The first-order chi connectivity index (χ1) is 32.2. The molecular weight excluding hydrogens is 865 g/mol. The van der Waals surface area contributed by atoms with Crippen molar-refractivity contribution in [2.45, 2.75) is 187 Å². The molecule has 384 valence electrons. The van der Waals surface area contributed by atoms with Crippen LogP contribution in [-0.2, 0) is 58.9 Å². The number of unbranched alkanes of at least 4 members (excludes halogenated alkanes) is 15. The summed E-state index contributed by atoms with van der Waals surface area (Å²) in [7, 11) is 0. The fourth-order valence-corrected chi connectivity index (χ4v) is 7.51. The Bertz CT molecular complexity index is 1500. The van der Waals surface area contributed by atoms with Crippen LogP contribution in [-0.4, -0.2) is 127 Å². The fraction of sp³-hybridized carbons (Fsp3) is 0.800. The Hall–Kier alpha value is -3.90. The number of nitrogens with two attached hydrogens (primary N) is 1. The molecule has 0 saturated heterocycles. The van der Waals surface area contributed by atoms with Gasteiger partial charge in [0, 0.05) is 75.4 Å². The van der Waals surface area contributed by atoms with Crippen molar-refractivity contribution >= 4 is 41.0 Å². The second-order valence-corrected chi connectivity index (χ2v) is 18.4. The highest BCUT2D eigenvalue weighted by Crippen LogP contribution is 2.28. The number of carboxylic acids is 2. The summed E-state index contributed by atoms with van der Waals surface area (Å²) >= 11 is 0. The van der Waals surface area contributed by atoms with E-state index in [0.29, 0.717) is 76.8 Å². The molecule has 17 heteroatoms. The molecule has 0 aliphatic carbocycles. The van der Waals surface area contributed by atoms with Crippen LogP contribution in [0.5, 0.6) is 0 Å². The Morgan fingerprint density at radius 3 is 1.72 bits per heavy atom. The maximum absolute atomic E-state index is 13.0. The highest BCUT2D eigenvalue weighted by atomic mass is 16.5. The van der Waals surface area contributed by atoms with E-state index in [1.54, 1.807) is 20.0 Å². The van der Waals surface area contributed by atoms with Gasteiger partial charge in [-0.2, -0.15) is 0 Å². The Morgan fingerprint density at radius 2 is 1.15 bits per heavy atom. The van der Waals surface area contributed by atoms with E-state index in [-0.39, 0.29) is 94.4 Å². The summed E-state index contributed by atoms with van der Waals surface area (Å²) in [5.74, 6) is -3.29. The molecule has 0 aromatic carbocycles. The fourth-order valence-electron chi connectivity index (χ4n) is 7.51. The third-order valence-electron chi connectivity index (χ3n) is 11.7. The van der Waals surface area contributed by atoms with E-state index in [1.165, 1.54) is 64.1 Å². The number of Topliss-reactive ketones (excluding diaryl/α,β-unsaturated/α-hetero) is 4. The molecule has 1 heterocycles. The topological polar surface area (TPSA) is 264 Å². The van der Waals surface area contributed by atoms with Gasteiger partial charge in [0.25, 0.3) is 0 Å². The van der Waals surface area contributed by atoms with Gasteiger partial charge < -0.3 is 45.2 Å². The third-order valence-corrected chi connectivity index (χ3v) is 11.7. The zero-order chi connectivity index (χ0) is 49.4. The average molecular weight is 951 g/mol. The largest absolute Gasteiger partial charge is 0.481 e. The van der Waals surface area contributed by atoms with Crippen molar-refractivity contribution < 1.29 is 62.7 Å². The maximum atomic E-state index is 13.0. The predicted molar refractivity (Wildman–Crippen MR) is 255 cm³/mol. The van der Waals surface area contributed by atoms with Gasteiger partial charge in [0.1, 0.15) is 24.8 Å². The second-order valence-electron chi connectivity index (χ2n) is 18.4. The number of nitrogens with zero attached hydrogens (tertiary/aromatic N) is 1. The molecule has 0 radical (unpaired) electrons. The molecule has 1 aromatic rings. The Balaban J connectivity index is 1.91. The minimum absolute atomic E-state index is 0.0586. The highest BCUT2D eigenvalue weighted by Gasteiger charge is 2.35. The lowest BCUT2D eigenvalue weighted by molar-refractivity contribution is -0.145. The lowest BCUT2D eigenvalue weighted by Gasteiger charge is -2.25.